The van der Waals surface area contributed by atoms with Crippen LogP contribution in [0.15, 0.2) is 42.5 Å². The molecule has 1 aliphatic heterocycles. The number of hydrogen-bond acceptors (Lipinski definition) is 4. The maximum Gasteiger partial charge on any atom is 0.261 e. The Morgan fingerprint density at radius 1 is 1.00 bits per heavy atom. The quantitative estimate of drug-likeness (QED) is 0.596. The molecule has 3 rings (SSSR count). The van der Waals surface area contributed by atoms with E-state index in [2.05, 4.69) is 26.1 Å². The third-order valence-electron chi connectivity index (χ3n) is 4.97. The van der Waals surface area contributed by atoms with Crippen molar-refractivity contribution in [1.29, 1.82) is 0 Å². The van der Waals surface area contributed by atoms with E-state index >= 15 is 0 Å². The number of hydrogen-bond donors (Lipinski definition) is 1. The lowest BCUT2D eigenvalue weighted by Gasteiger charge is -2.19. The third kappa shape index (κ3) is 4.38. The largest absolute Gasteiger partial charge is 0.385 e. The number of nitrogens with zero attached hydrogens (tertiary/aromatic N) is 1. The molecule has 1 N–H and O–H groups in total. The van der Waals surface area contributed by atoms with Crippen molar-refractivity contribution in [3.8, 4) is 0 Å². The second kappa shape index (κ2) is 8.17. The third-order valence-corrected chi connectivity index (χ3v) is 4.97. The van der Waals surface area contributed by atoms with Crippen LogP contribution in [-0.2, 0) is 10.2 Å². The Hall–Kier alpha value is -2.99. The van der Waals surface area contributed by atoms with Gasteiger partial charge in [0.15, 0.2) is 0 Å². The molecule has 0 radical (unpaired) electrons. The van der Waals surface area contributed by atoms with Gasteiger partial charge in [-0.1, -0.05) is 32.9 Å². The zero-order valence-corrected chi connectivity index (χ0v) is 17.2. The molecule has 1 aliphatic rings. The molecule has 2 aromatic carbocycles. The molecule has 0 aliphatic carbocycles. The molecule has 29 heavy (non-hydrogen) atoms. The van der Waals surface area contributed by atoms with E-state index < -0.39 is 0 Å². The van der Waals surface area contributed by atoms with Crippen molar-refractivity contribution in [3.63, 3.8) is 0 Å². The number of amides is 3. The highest BCUT2D eigenvalue weighted by molar-refractivity contribution is 6.22. The van der Waals surface area contributed by atoms with Crippen LogP contribution in [0.2, 0.25) is 0 Å². The van der Waals surface area contributed by atoms with Gasteiger partial charge in [0.2, 0.25) is 0 Å². The molecule has 0 spiro atoms. The number of ether oxygens (including phenoxy) is 1. The van der Waals surface area contributed by atoms with Gasteiger partial charge in [0, 0.05) is 31.5 Å². The number of imide groups is 1. The first-order chi connectivity index (χ1) is 13.7. The summed E-state index contributed by atoms with van der Waals surface area (Å²) in [7, 11) is 1.57. The zero-order valence-electron chi connectivity index (χ0n) is 17.2. The van der Waals surface area contributed by atoms with Crippen molar-refractivity contribution in [2.45, 2.75) is 32.6 Å². The predicted molar refractivity (Wildman–Crippen MR) is 111 cm³/mol. The highest BCUT2D eigenvalue weighted by Gasteiger charge is 2.35. The maximum atomic E-state index is 12.6. The predicted octanol–water partition coefficient (Wildman–Crippen LogP) is 3.87. The van der Waals surface area contributed by atoms with Crippen LogP contribution in [0.1, 0.15) is 63.8 Å². The number of carbonyl (C=O) groups excluding carboxylic acids is 3. The molecule has 0 unspecified atom stereocenters. The first kappa shape index (κ1) is 20.7. The summed E-state index contributed by atoms with van der Waals surface area (Å²) in [5, 5.41) is 2.84. The monoisotopic (exact) mass is 394 g/mol. The van der Waals surface area contributed by atoms with Crippen LogP contribution in [0.3, 0.4) is 0 Å². The van der Waals surface area contributed by atoms with Gasteiger partial charge in [0.1, 0.15) is 0 Å². The first-order valence-corrected chi connectivity index (χ1v) is 9.63. The van der Waals surface area contributed by atoms with Crippen molar-refractivity contribution in [2.75, 3.05) is 25.6 Å². The molecular formula is C23H26N2O4. The summed E-state index contributed by atoms with van der Waals surface area (Å²) >= 11 is 0. The summed E-state index contributed by atoms with van der Waals surface area (Å²) < 4.78 is 4.98. The van der Waals surface area contributed by atoms with Crippen molar-refractivity contribution < 1.29 is 19.1 Å². The van der Waals surface area contributed by atoms with E-state index in [1.807, 2.05) is 24.3 Å². The van der Waals surface area contributed by atoms with Gasteiger partial charge in [-0.15, -0.1) is 0 Å². The Labute approximate surface area is 170 Å². The van der Waals surface area contributed by atoms with Crippen molar-refractivity contribution in [3.05, 3.63) is 64.7 Å². The van der Waals surface area contributed by atoms with Crippen molar-refractivity contribution >= 4 is 23.4 Å². The fraction of sp³-hybridized carbons (Fsp3) is 0.348. The molecule has 152 valence electrons. The average molecular weight is 394 g/mol. The van der Waals surface area contributed by atoms with Crippen molar-refractivity contribution in [1.82, 2.24) is 4.90 Å². The minimum Gasteiger partial charge on any atom is -0.385 e. The van der Waals surface area contributed by atoms with Gasteiger partial charge in [-0.05, 0) is 47.7 Å². The van der Waals surface area contributed by atoms with Gasteiger partial charge in [-0.2, -0.15) is 0 Å². The summed E-state index contributed by atoms with van der Waals surface area (Å²) in [5.74, 6) is -1.02. The number of rotatable bonds is 6. The van der Waals surface area contributed by atoms with E-state index in [9.17, 15) is 14.4 Å². The SMILES string of the molecule is COCCCN1C(=O)c2ccc(C(=O)Nc3ccc(C(C)(C)C)cc3)cc2C1=O. The summed E-state index contributed by atoms with van der Waals surface area (Å²) in [6.07, 6.45) is 0.569. The Bertz CT molecular complexity index is 942. The van der Waals surface area contributed by atoms with Crippen LogP contribution < -0.4 is 5.32 Å². The van der Waals surface area contributed by atoms with Gasteiger partial charge in [0.25, 0.3) is 17.7 Å². The molecule has 3 amide bonds. The average Bonchev–Trinajstić information content (AvgIpc) is 2.92. The molecule has 6 heteroatoms. The summed E-state index contributed by atoms with van der Waals surface area (Å²) in [6.45, 7) is 7.14. The molecule has 0 fully saturated rings. The lowest BCUT2D eigenvalue weighted by Crippen LogP contribution is -2.31. The van der Waals surface area contributed by atoms with E-state index in [1.165, 1.54) is 16.5 Å². The summed E-state index contributed by atoms with van der Waals surface area (Å²) in [5.41, 5.74) is 2.81. The van der Waals surface area contributed by atoms with Crippen molar-refractivity contribution in [2.24, 2.45) is 0 Å². The lowest BCUT2D eigenvalue weighted by molar-refractivity contribution is 0.0638. The Morgan fingerprint density at radius 3 is 2.28 bits per heavy atom. The van der Waals surface area contributed by atoms with Gasteiger partial charge in [-0.3, -0.25) is 19.3 Å². The fourth-order valence-corrected chi connectivity index (χ4v) is 3.26. The molecule has 0 atom stereocenters. The molecule has 0 saturated carbocycles. The second-order valence-corrected chi connectivity index (χ2v) is 8.15. The topological polar surface area (TPSA) is 75.7 Å². The molecule has 0 bridgehead atoms. The number of fused-ring (bicyclic) bond motifs is 1. The highest BCUT2D eigenvalue weighted by atomic mass is 16.5. The Balaban J connectivity index is 1.74. The minimum absolute atomic E-state index is 0.0323. The fourth-order valence-electron chi connectivity index (χ4n) is 3.26. The molecule has 2 aromatic rings. The van der Waals surface area contributed by atoms with Crippen LogP contribution in [0.25, 0.3) is 0 Å². The standard InChI is InChI=1S/C23H26N2O4/c1-23(2,3)16-7-9-17(10-8-16)24-20(26)15-6-11-18-19(14-15)22(28)25(21(18)27)12-5-13-29-4/h6-11,14H,5,12-13H2,1-4H3,(H,24,26). The normalized spacial score (nSPS) is 13.6. The van der Waals surface area contributed by atoms with Crippen LogP contribution in [0, 0.1) is 0 Å². The maximum absolute atomic E-state index is 12.6. The van der Waals surface area contributed by atoms with Gasteiger partial charge < -0.3 is 10.1 Å². The number of benzene rings is 2. The zero-order chi connectivity index (χ0) is 21.2. The smallest absolute Gasteiger partial charge is 0.261 e. The van der Waals surface area contributed by atoms with Crippen LogP contribution in [0.5, 0.6) is 0 Å². The van der Waals surface area contributed by atoms with Crippen LogP contribution >= 0.6 is 0 Å². The van der Waals surface area contributed by atoms with E-state index in [0.717, 1.165) is 0 Å². The van der Waals surface area contributed by atoms with Gasteiger partial charge in [-0.25, -0.2) is 0 Å². The van der Waals surface area contributed by atoms with E-state index in [4.69, 9.17) is 4.74 Å². The number of nitrogens with one attached hydrogen (secondary N) is 1. The van der Waals surface area contributed by atoms with Crippen LogP contribution in [-0.4, -0.2) is 42.9 Å². The van der Waals surface area contributed by atoms with Crippen LogP contribution in [0.4, 0.5) is 5.69 Å². The van der Waals surface area contributed by atoms with E-state index in [-0.39, 0.29) is 28.7 Å². The molecule has 0 saturated heterocycles. The lowest BCUT2D eigenvalue weighted by atomic mass is 9.87. The number of anilines is 1. The Morgan fingerprint density at radius 2 is 1.66 bits per heavy atom. The van der Waals surface area contributed by atoms with Gasteiger partial charge >= 0.3 is 0 Å². The second-order valence-electron chi connectivity index (χ2n) is 8.15. The highest BCUT2D eigenvalue weighted by Crippen LogP contribution is 2.26. The molecule has 6 nitrogen and oxygen atoms in total. The minimum atomic E-state index is -0.370. The van der Waals surface area contributed by atoms with E-state index in [1.54, 1.807) is 19.2 Å². The van der Waals surface area contributed by atoms with E-state index in [0.29, 0.717) is 36.4 Å². The molecular weight excluding hydrogens is 368 g/mol. The number of carbonyl (C=O) groups is 3. The Kier molecular flexibility index (Phi) is 5.84. The number of methoxy groups -OCH3 is 1. The molecule has 1 heterocycles. The molecule has 0 aromatic heterocycles. The summed E-state index contributed by atoms with van der Waals surface area (Å²) in [4.78, 5) is 38.9. The van der Waals surface area contributed by atoms with Gasteiger partial charge in [0.05, 0.1) is 11.1 Å². The first-order valence-electron chi connectivity index (χ1n) is 9.63. The summed E-state index contributed by atoms with van der Waals surface area (Å²) in [6, 6.07) is 12.3.